The largest absolute Gasteiger partial charge is 0.379 e. The topological polar surface area (TPSA) is 86.5 Å². The number of rotatable bonds is 8. The molecule has 0 radical (unpaired) electrons. The summed E-state index contributed by atoms with van der Waals surface area (Å²) in [6.45, 7) is 4.42. The van der Waals surface area contributed by atoms with E-state index in [-0.39, 0.29) is 23.7 Å². The summed E-state index contributed by atoms with van der Waals surface area (Å²) in [7, 11) is 0. The molecule has 1 aromatic heterocycles. The number of aromatic amines is 1. The molecular formula is C25H29FN4O3. The van der Waals surface area contributed by atoms with E-state index in [1.807, 2.05) is 30.5 Å². The Bertz CT molecular complexity index is 1090. The molecule has 0 aliphatic carbocycles. The van der Waals surface area contributed by atoms with E-state index in [1.54, 1.807) is 12.1 Å². The molecule has 8 heteroatoms. The SMILES string of the molecule is CC(=O)N[C@@H](Cc1c[nH]c2ccccc12)C(=O)NC[C@@H](c1ccc(F)cc1)N1CCOCC1. The minimum Gasteiger partial charge on any atom is -0.379 e. The van der Waals surface area contributed by atoms with Crippen LogP contribution in [0.4, 0.5) is 4.39 Å². The number of H-pyrrole nitrogens is 1. The van der Waals surface area contributed by atoms with Gasteiger partial charge in [-0.25, -0.2) is 4.39 Å². The molecule has 0 bridgehead atoms. The molecule has 2 atom stereocenters. The molecule has 7 nitrogen and oxygen atoms in total. The number of carbonyl (C=O) groups excluding carboxylic acids is 2. The van der Waals surface area contributed by atoms with E-state index >= 15 is 0 Å². The number of fused-ring (bicyclic) bond motifs is 1. The minimum atomic E-state index is -0.708. The summed E-state index contributed by atoms with van der Waals surface area (Å²) in [5, 5.41) is 6.83. The lowest BCUT2D eigenvalue weighted by Gasteiger charge is -2.35. The van der Waals surface area contributed by atoms with Gasteiger partial charge < -0.3 is 20.4 Å². The predicted octanol–water partition coefficient (Wildman–Crippen LogP) is 2.54. The van der Waals surface area contributed by atoms with Gasteiger partial charge in [-0.15, -0.1) is 0 Å². The van der Waals surface area contributed by atoms with Crippen LogP contribution in [0.25, 0.3) is 10.9 Å². The summed E-state index contributed by atoms with van der Waals surface area (Å²) in [5.41, 5.74) is 2.87. The van der Waals surface area contributed by atoms with Crippen LogP contribution < -0.4 is 10.6 Å². The molecule has 1 aliphatic rings. The molecule has 1 saturated heterocycles. The molecule has 174 valence electrons. The normalized spacial score (nSPS) is 16.3. The van der Waals surface area contributed by atoms with E-state index in [9.17, 15) is 14.0 Å². The van der Waals surface area contributed by atoms with Crippen LogP contribution in [-0.4, -0.2) is 60.6 Å². The Morgan fingerprint density at radius 2 is 1.85 bits per heavy atom. The fourth-order valence-corrected chi connectivity index (χ4v) is 4.33. The number of ether oxygens (including phenoxy) is 1. The van der Waals surface area contributed by atoms with Crippen molar-refractivity contribution < 1.29 is 18.7 Å². The predicted molar refractivity (Wildman–Crippen MR) is 124 cm³/mol. The Kier molecular flexibility index (Phi) is 7.36. The zero-order valence-electron chi connectivity index (χ0n) is 18.6. The Balaban J connectivity index is 1.49. The highest BCUT2D eigenvalue weighted by Crippen LogP contribution is 2.22. The number of hydrogen-bond donors (Lipinski definition) is 3. The van der Waals surface area contributed by atoms with Gasteiger partial charge >= 0.3 is 0 Å². The highest BCUT2D eigenvalue weighted by molar-refractivity contribution is 5.89. The van der Waals surface area contributed by atoms with Crippen LogP contribution in [0.5, 0.6) is 0 Å². The van der Waals surface area contributed by atoms with Crippen LogP contribution in [-0.2, 0) is 20.7 Å². The van der Waals surface area contributed by atoms with Gasteiger partial charge in [0.1, 0.15) is 11.9 Å². The Morgan fingerprint density at radius 3 is 2.58 bits per heavy atom. The first-order chi connectivity index (χ1) is 16.0. The molecule has 2 amide bonds. The monoisotopic (exact) mass is 452 g/mol. The molecule has 2 heterocycles. The van der Waals surface area contributed by atoms with Crippen molar-refractivity contribution in [2.75, 3.05) is 32.8 Å². The van der Waals surface area contributed by atoms with Gasteiger partial charge in [-0.3, -0.25) is 14.5 Å². The quantitative estimate of drug-likeness (QED) is 0.490. The maximum atomic E-state index is 13.5. The van der Waals surface area contributed by atoms with Crippen molar-refractivity contribution in [3.63, 3.8) is 0 Å². The second kappa shape index (κ2) is 10.6. The standard InChI is InChI=1S/C25H29FN4O3/c1-17(31)29-23(14-19-15-27-22-5-3-2-4-21(19)22)25(32)28-16-24(30-10-12-33-13-11-30)18-6-8-20(26)9-7-18/h2-9,15,23-24,27H,10-14,16H2,1H3,(H,28,32)(H,29,31)/t23-,24-/m0/s1. The first-order valence-corrected chi connectivity index (χ1v) is 11.2. The maximum absolute atomic E-state index is 13.5. The summed E-state index contributed by atoms with van der Waals surface area (Å²) < 4.78 is 18.9. The number of para-hydroxylation sites is 1. The van der Waals surface area contributed by atoms with Gasteiger partial charge in [-0.2, -0.15) is 0 Å². The zero-order valence-corrected chi connectivity index (χ0v) is 18.6. The third-order valence-electron chi connectivity index (χ3n) is 6.00. The lowest BCUT2D eigenvalue weighted by molar-refractivity contribution is -0.128. The number of nitrogens with zero attached hydrogens (tertiary/aromatic N) is 1. The molecule has 0 spiro atoms. The van der Waals surface area contributed by atoms with Crippen molar-refractivity contribution in [3.05, 3.63) is 71.7 Å². The molecule has 1 fully saturated rings. The summed E-state index contributed by atoms with van der Waals surface area (Å²) in [4.78, 5) is 30.4. The van der Waals surface area contributed by atoms with Crippen molar-refractivity contribution in [1.82, 2.24) is 20.5 Å². The Morgan fingerprint density at radius 1 is 1.12 bits per heavy atom. The average molecular weight is 453 g/mol. The molecule has 3 aromatic rings. The molecule has 0 saturated carbocycles. The van der Waals surface area contributed by atoms with E-state index in [0.29, 0.717) is 26.2 Å². The van der Waals surface area contributed by atoms with E-state index in [1.165, 1.54) is 19.1 Å². The average Bonchev–Trinajstić information content (AvgIpc) is 3.23. The van der Waals surface area contributed by atoms with E-state index in [4.69, 9.17) is 4.74 Å². The van der Waals surface area contributed by atoms with Crippen molar-refractivity contribution in [2.45, 2.75) is 25.4 Å². The lowest BCUT2D eigenvalue weighted by atomic mass is 10.0. The number of morpholine rings is 1. The van der Waals surface area contributed by atoms with Gasteiger partial charge in [0.2, 0.25) is 11.8 Å². The summed E-state index contributed by atoms with van der Waals surface area (Å²) in [5.74, 6) is -0.818. The third kappa shape index (κ3) is 5.77. The highest BCUT2D eigenvalue weighted by Gasteiger charge is 2.26. The third-order valence-corrected chi connectivity index (χ3v) is 6.00. The smallest absolute Gasteiger partial charge is 0.242 e. The van der Waals surface area contributed by atoms with E-state index in [0.717, 1.165) is 35.1 Å². The number of hydrogen-bond acceptors (Lipinski definition) is 4. The van der Waals surface area contributed by atoms with Crippen LogP contribution in [0.3, 0.4) is 0 Å². The molecule has 1 aliphatic heterocycles. The number of amides is 2. The van der Waals surface area contributed by atoms with Gasteiger partial charge in [-0.05, 0) is 29.3 Å². The van der Waals surface area contributed by atoms with Crippen molar-refractivity contribution in [3.8, 4) is 0 Å². The molecule has 33 heavy (non-hydrogen) atoms. The second-order valence-electron chi connectivity index (χ2n) is 8.28. The summed E-state index contributed by atoms with van der Waals surface area (Å²) in [6, 6.07) is 13.4. The summed E-state index contributed by atoms with van der Waals surface area (Å²) >= 11 is 0. The van der Waals surface area contributed by atoms with E-state index in [2.05, 4.69) is 20.5 Å². The van der Waals surface area contributed by atoms with Crippen molar-refractivity contribution in [2.24, 2.45) is 0 Å². The van der Waals surface area contributed by atoms with Gasteiger partial charge in [0, 0.05) is 50.1 Å². The van der Waals surface area contributed by atoms with Crippen molar-refractivity contribution >= 4 is 22.7 Å². The Labute approximate surface area is 192 Å². The molecular weight excluding hydrogens is 423 g/mol. The molecule has 0 unspecified atom stereocenters. The highest BCUT2D eigenvalue weighted by atomic mass is 19.1. The van der Waals surface area contributed by atoms with Gasteiger partial charge in [0.15, 0.2) is 0 Å². The van der Waals surface area contributed by atoms with Crippen LogP contribution in [0.15, 0.2) is 54.7 Å². The first-order valence-electron chi connectivity index (χ1n) is 11.2. The Hall–Kier alpha value is -3.23. The van der Waals surface area contributed by atoms with Crippen LogP contribution >= 0.6 is 0 Å². The molecule has 4 rings (SSSR count). The first kappa shape index (κ1) is 22.9. The van der Waals surface area contributed by atoms with Gasteiger partial charge in [0.25, 0.3) is 0 Å². The van der Waals surface area contributed by atoms with Crippen LogP contribution in [0.1, 0.15) is 24.1 Å². The van der Waals surface area contributed by atoms with Crippen LogP contribution in [0, 0.1) is 5.82 Å². The number of carbonyl (C=O) groups is 2. The second-order valence-corrected chi connectivity index (χ2v) is 8.28. The zero-order chi connectivity index (χ0) is 23.2. The lowest BCUT2D eigenvalue weighted by Crippen LogP contribution is -2.50. The number of benzene rings is 2. The van der Waals surface area contributed by atoms with Crippen LogP contribution in [0.2, 0.25) is 0 Å². The number of nitrogens with one attached hydrogen (secondary N) is 3. The van der Waals surface area contributed by atoms with Gasteiger partial charge in [-0.1, -0.05) is 30.3 Å². The molecule has 2 aromatic carbocycles. The maximum Gasteiger partial charge on any atom is 0.242 e. The molecule has 3 N–H and O–H groups in total. The fourth-order valence-electron chi connectivity index (χ4n) is 4.33. The number of halogens is 1. The minimum absolute atomic E-state index is 0.121. The van der Waals surface area contributed by atoms with Gasteiger partial charge in [0.05, 0.1) is 19.3 Å². The van der Waals surface area contributed by atoms with Crippen molar-refractivity contribution in [1.29, 1.82) is 0 Å². The fraction of sp³-hybridized carbons (Fsp3) is 0.360. The van der Waals surface area contributed by atoms with E-state index < -0.39 is 6.04 Å². The summed E-state index contributed by atoms with van der Waals surface area (Å²) in [6.07, 6.45) is 2.25. The number of aromatic nitrogens is 1.